The van der Waals surface area contributed by atoms with Gasteiger partial charge in [0.2, 0.25) is 10.0 Å². The molecule has 2 aliphatic heterocycles. The van der Waals surface area contributed by atoms with Crippen molar-refractivity contribution in [2.45, 2.75) is 54.9 Å². The number of fused-ring (bicyclic) bond motifs is 2. The Hall–Kier alpha value is -2.37. The average molecular weight is 497 g/mol. The third-order valence-corrected chi connectivity index (χ3v) is 8.86. The summed E-state index contributed by atoms with van der Waals surface area (Å²) in [6.07, 6.45) is -1.68. The minimum Gasteiger partial charge on any atom is -0.338 e. The Morgan fingerprint density at radius 1 is 1.00 bits per heavy atom. The quantitative estimate of drug-likeness (QED) is 0.706. The lowest BCUT2D eigenvalue weighted by molar-refractivity contribution is -0.144. The molecule has 7 nitrogen and oxygen atoms in total. The molecule has 2 aromatic rings. The molecular formula is C23H27F3N4O3S. The molecule has 0 unspecified atom stereocenters. The normalized spacial score (nSPS) is 21.0. The minimum absolute atomic E-state index is 0.00165. The molecule has 1 saturated heterocycles. The summed E-state index contributed by atoms with van der Waals surface area (Å²) in [5.41, 5.74) is -0.135. The molecular weight excluding hydrogens is 469 g/mol. The number of carbonyl (C=O) groups excluding carboxylic acids is 1. The number of hydrogen-bond acceptors (Lipinski definition) is 4. The van der Waals surface area contributed by atoms with Crippen molar-refractivity contribution in [2.24, 2.45) is 0 Å². The van der Waals surface area contributed by atoms with Crippen LogP contribution in [0.2, 0.25) is 0 Å². The first kappa shape index (κ1) is 23.4. The highest BCUT2D eigenvalue weighted by atomic mass is 32.2. The molecule has 184 valence electrons. The fourth-order valence-corrected chi connectivity index (χ4v) is 6.49. The van der Waals surface area contributed by atoms with Crippen molar-refractivity contribution in [3.63, 3.8) is 0 Å². The van der Waals surface area contributed by atoms with Crippen molar-refractivity contribution in [1.82, 2.24) is 19.1 Å². The Bertz CT molecular complexity index is 1200. The number of piperidine rings is 1. The van der Waals surface area contributed by atoms with E-state index < -0.39 is 27.4 Å². The standard InChI is InChI=1S/C23H27F3N4O3S/c1-28-14-15-30-19(8-9-20(30)23(24,25)26)22(28)10-12-29(13-11-22)21(31)16-2-6-18(7-3-16)34(32,33)27-17-4-5-17/h2-3,6-9,17,27H,4-5,10-15H2,1H3. The molecule has 1 aromatic heterocycles. The SMILES string of the molecule is CN1CCn2c(C(F)(F)F)ccc2C12CCN(C(=O)c1ccc(S(=O)(=O)NC3CC3)cc1)CC2. The number of benzene rings is 1. The lowest BCUT2D eigenvalue weighted by atomic mass is 9.81. The van der Waals surface area contributed by atoms with Gasteiger partial charge in [-0.25, -0.2) is 13.1 Å². The molecule has 0 atom stereocenters. The van der Waals surface area contributed by atoms with Crippen LogP contribution in [0.15, 0.2) is 41.3 Å². The summed E-state index contributed by atoms with van der Waals surface area (Å²) in [4.78, 5) is 17.0. The summed E-state index contributed by atoms with van der Waals surface area (Å²) in [6.45, 7) is 1.59. The largest absolute Gasteiger partial charge is 0.431 e. The first-order chi connectivity index (χ1) is 16.0. The molecule has 1 amide bonds. The van der Waals surface area contributed by atoms with E-state index in [-0.39, 0.29) is 23.4 Å². The number of aromatic nitrogens is 1. The molecule has 1 saturated carbocycles. The van der Waals surface area contributed by atoms with E-state index in [4.69, 9.17) is 0 Å². The maximum atomic E-state index is 13.5. The van der Waals surface area contributed by atoms with Crippen LogP contribution in [-0.4, -0.2) is 61.4 Å². The van der Waals surface area contributed by atoms with E-state index in [1.165, 1.54) is 28.8 Å². The van der Waals surface area contributed by atoms with Gasteiger partial charge < -0.3 is 9.47 Å². The number of nitrogens with one attached hydrogen (secondary N) is 1. The van der Waals surface area contributed by atoms with Gasteiger partial charge in [-0.05, 0) is 69.1 Å². The van der Waals surface area contributed by atoms with Crippen LogP contribution < -0.4 is 4.72 Å². The van der Waals surface area contributed by atoms with Crippen molar-refractivity contribution >= 4 is 15.9 Å². The van der Waals surface area contributed by atoms with E-state index in [0.717, 1.165) is 18.9 Å². The van der Waals surface area contributed by atoms with Gasteiger partial charge in [-0.3, -0.25) is 9.69 Å². The van der Waals surface area contributed by atoms with Gasteiger partial charge in [-0.1, -0.05) is 0 Å². The number of nitrogens with zero attached hydrogens (tertiary/aromatic N) is 3. The molecule has 1 N–H and O–H groups in total. The number of hydrogen-bond donors (Lipinski definition) is 1. The maximum absolute atomic E-state index is 13.5. The number of likely N-dealkylation sites (tertiary alicyclic amines) is 1. The van der Waals surface area contributed by atoms with Crippen molar-refractivity contribution in [2.75, 3.05) is 26.7 Å². The van der Waals surface area contributed by atoms with Crippen molar-refractivity contribution in [3.05, 3.63) is 53.3 Å². The van der Waals surface area contributed by atoms with Gasteiger partial charge in [-0.2, -0.15) is 13.2 Å². The summed E-state index contributed by atoms with van der Waals surface area (Å²) in [5, 5.41) is 0. The fraction of sp³-hybridized carbons (Fsp3) is 0.522. The second-order valence-corrected chi connectivity index (χ2v) is 11.1. The molecule has 1 aliphatic carbocycles. The summed E-state index contributed by atoms with van der Waals surface area (Å²) in [5.74, 6) is -0.209. The molecule has 1 aromatic carbocycles. The van der Waals surface area contributed by atoms with Crippen LogP contribution in [-0.2, 0) is 28.3 Å². The van der Waals surface area contributed by atoms with Gasteiger partial charge in [0.15, 0.2) is 0 Å². The van der Waals surface area contributed by atoms with Crippen LogP contribution in [0.4, 0.5) is 13.2 Å². The van der Waals surface area contributed by atoms with Crippen LogP contribution >= 0.6 is 0 Å². The van der Waals surface area contributed by atoms with Crippen LogP contribution in [0.25, 0.3) is 0 Å². The summed E-state index contributed by atoms with van der Waals surface area (Å²) < 4.78 is 69.1. The molecule has 11 heteroatoms. The maximum Gasteiger partial charge on any atom is 0.431 e. The number of carbonyl (C=O) groups is 1. The Kier molecular flexibility index (Phi) is 5.57. The predicted octanol–water partition coefficient (Wildman–Crippen LogP) is 3.02. The summed E-state index contributed by atoms with van der Waals surface area (Å²) in [7, 11) is -1.66. The van der Waals surface area contributed by atoms with Gasteiger partial charge in [0.05, 0.1) is 10.4 Å². The first-order valence-electron chi connectivity index (χ1n) is 11.4. The van der Waals surface area contributed by atoms with Crippen LogP contribution in [0.5, 0.6) is 0 Å². The van der Waals surface area contributed by atoms with E-state index >= 15 is 0 Å². The number of likely N-dealkylation sites (N-methyl/N-ethyl adjacent to an activating group) is 1. The highest BCUT2D eigenvalue weighted by Gasteiger charge is 2.47. The van der Waals surface area contributed by atoms with Gasteiger partial charge >= 0.3 is 6.18 Å². The zero-order valence-electron chi connectivity index (χ0n) is 18.8. The van der Waals surface area contributed by atoms with Crippen LogP contribution in [0.1, 0.15) is 47.4 Å². The van der Waals surface area contributed by atoms with E-state index in [2.05, 4.69) is 9.62 Å². The van der Waals surface area contributed by atoms with Crippen molar-refractivity contribution < 1.29 is 26.4 Å². The second-order valence-electron chi connectivity index (χ2n) is 9.42. The van der Waals surface area contributed by atoms with Gasteiger partial charge in [0.1, 0.15) is 5.69 Å². The Morgan fingerprint density at radius 2 is 1.65 bits per heavy atom. The lowest BCUT2D eigenvalue weighted by Gasteiger charge is -2.50. The third-order valence-electron chi connectivity index (χ3n) is 7.33. The summed E-state index contributed by atoms with van der Waals surface area (Å²) >= 11 is 0. The van der Waals surface area contributed by atoms with Crippen molar-refractivity contribution in [1.29, 1.82) is 0 Å². The fourth-order valence-electron chi connectivity index (χ4n) is 5.19. The predicted molar refractivity (Wildman–Crippen MR) is 119 cm³/mol. The molecule has 2 fully saturated rings. The number of rotatable bonds is 4. The molecule has 3 heterocycles. The lowest BCUT2D eigenvalue weighted by Crippen LogP contribution is -2.56. The Labute approximate surface area is 196 Å². The molecule has 0 radical (unpaired) electrons. The minimum atomic E-state index is -4.40. The van der Waals surface area contributed by atoms with Gasteiger partial charge in [0.25, 0.3) is 5.91 Å². The molecule has 34 heavy (non-hydrogen) atoms. The van der Waals surface area contributed by atoms with Gasteiger partial charge in [0, 0.05) is 43.5 Å². The number of alkyl halides is 3. The Balaban J connectivity index is 1.31. The average Bonchev–Trinajstić information content (AvgIpc) is 3.48. The topological polar surface area (TPSA) is 74.6 Å². The molecule has 0 bridgehead atoms. The smallest absolute Gasteiger partial charge is 0.338 e. The Morgan fingerprint density at radius 3 is 2.24 bits per heavy atom. The zero-order valence-corrected chi connectivity index (χ0v) is 19.6. The van der Waals surface area contributed by atoms with E-state index in [1.807, 2.05) is 7.05 Å². The first-order valence-corrected chi connectivity index (χ1v) is 12.9. The van der Waals surface area contributed by atoms with Crippen molar-refractivity contribution in [3.8, 4) is 0 Å². The summed E-state index contributed by atoms with van der Waals surface area (Å²) in [6, 6.07) is 8.63. The van der Waals surface area contributed by atoms with E-state index in [1.54, 1.807) is 11.0 Å². The van der Waals surface area contributed by atoms with Crippen LogP contribution in [0.3, 0.4) is 0 Å². The zero-order chi connectivity index (χ0) is 24.3. The highest BCUT2D eigenvalue weighted by molar-refractivity contribution is 7.89. The molecule has 3 aliphatic rings. The monoisotopic (exact) mass is 496 g/mol. The highest BCUT2D eigenvalue weighted by Crippen LogP contribution is 2.44. The van der Waals surface area contributed by atoms with E-state index in [0.29, 0.717) is 43.7 Å². The second kappa shape index (κ2) is 8.10. The van der Waals surface area contributed by atoms with E-state index in [9.17, 15) is 26.4 Å². The van der Waals surface area contributed by atoms with Gasteiger partial charge in [-0.15, -0.1) is 0 Å². The number of sulfonamides is 1. The van der Waals surface area contributed by atoms with Crippen LogP contribution in [0, 0.1) is 0 Å². The molecule has 5 rings (SSSR count). The molecule has 1 spiro atoms. The number of halogens is 3. The third kappa shape index (κ3) is 4.03. The number of amides is 1.